The smallest absolute Gasteiger partial charge is 0.410 e. The number of esters is 1. The highest BCUT2D eigenvalue weighted by atomic mass is 79.9. The van der Waals surface area contributed by atoms with E-state index >= 15 is 0 Å². The van der Waals surface area contributed by atoms with Crippen molar-refractivity contribution < 1.29 is 23.9 Å². The molecule has 0 atom stereocenters. The van der Waals surface area contributed by atoms with Crippen molar-refractivity contribution in [2.75, 3.05) is 26.7 Å². The van der Waals surface area contributed by atoms with Gasteiger partial charge in [-0.05, 0) is 45.2 Å². The van der Waals surface area contributed by atoms with Crippen LogP contribution in [0, 0.1) is 5.92 Å². The monoisotopic (exact) mass is 468 g/mol. The first-order chi connectivity index (χ1) is 13.6. The number of halogens is 1. The average Bonchev–Trinajstić information content (AvgIpc) is 2.66. The first-order valence-electron chi connectivity index (χ1n) is 9.69. The predicted molar refractivity (Wildman–Crippen MR) is 112 cm³/mol. The largest absolute Gasteiger partial charge is 0.455 e. The lowest BCUT2D eigenvalue weighted by Gasteiger charge is -2.32. The summed E-state index contributed by atoms with van der Waals surface area (Å²) in [7, 11) is 1.68. The zero-order valence-corrected chi connectivity index (χ0v) is 19.0. The van der Waals surface area contributed by atoms with Gasteiger partial charge in [0.1, 0.15) is 5.60 Å². The van der Waals surface area contributed by atoms with Gasteiger partial charge in [-0.2, -0.15) is 0 Å². The van der Waals surface area contributed by atoms with E-state index in [2.05, 4.69) is 15.9 Å². The van der Waals surface area contributed by atoms with Gasteiger partial charge in [0.15, 0.2) is 6.61 Å². The molecule has 1 aliphatic rings. The van der Waals surface area contributed by atoms with Crippen molar-refractivity contribution in [3.63, 3.8) is 0 Å². The fourth-order valence-corrected chi connectivity index (χ4v) is 3.37. The highest BCUT2D eigenvalue weighted by Crippen LogP contribution is 2.21. The van der Waals surface area contributed by atoms with Gasteiger partial charge in [0.05, 0.1) is 5.92 Å². The van der Waals surface area contributed by atoms with Crippen molar-refractivity contribution >= 4 is 33.9 Å². The van der Waals surface area contributed by atoms with Crippen LogP contribution in [-0.4, -0.2) is 60.1 Å². The number of likely N-dealkylation sites (tertiary alicyclic amines) is 1. The van der Waals surface area contributed by atoms with Crippen LogP contribution in [0.1, 0.15) is 39.2 Å². The summed E-state index contributed by atoms with van der Waals surface area (Å²) in [4.78, 5) is 39.8. The summed E-state index contributed by atoms with van der Waals surface area (Å²) in [5.41, 5.74) is 0.429. The van der Waals surface area contributed by atoms with E-state index < -0.39 is 11.6 Å². The molecule has 1 saturated heterocycles. The maximum atomic E-state index is 12.3. The van der Waals surface area contributed by atoms with Crippen molar-refractivity contribution in [3.8, 4) is 0 Å². The van der Waals surface area contributed by atoms with Gasteiger partial charge >= 0.3 is 12.1 Å². The van der Waals surface area contributed by atoms with Gasteiger partial charge in [0.25, 0.3) is 5.91 Å². The minimum Gasteiger partial charge on any atom is -0.455 e. The van der Waals surface area contributed by atoms with E-state index in [9.17, 15) is 14.4 Å². The number of ether oxygens (including phenoxy) is 2. The van der Waals surface area contributed by atoms with E-state index in [1.165, 1.54) is 4.90 Å². The van der Waals surface area contributed by atoms with Gasteiger partial charge in [-0.25, -0.2) is 4.79 Å². The Morgan fingerprint density at radius 1 is 1.17 bits per heavy atom. The fourth-order valence-electron chi connectivity index (χ4n) is 2.96. The van der Waals surface area contributed by atoms with E-state index in [1.54, 1.807) is 11.9 Å². The normalized spacial score (nSPS) is 15.0. The molecule has 0 radical (unpaired) electrons. The molecule has 0 unspecified atom stereocenters. The van der Waals surface area contributed by atoms with E-state index in [1.807, 2.05) is 45.0 Å². The molecule has 0 N–H and O–H groups in total. The number of rotatable bonds is 5. The van der Waals surface area contributed by atoms with Crippen LogP contribution in [0.15, 0.2) is 28.7 Å². The first-order valence-corrected chi connectivity index (χ1v) is 10.5. The molecule has 29 heavy (non-hydrogen) atoms. The molecule has 0 saturated carbocycles. The third-order valence-corrected chi connectivity index (χ3v) is 5.38. The molecule has 2 rings (SSSR count). The summed E-state index contributed by atoms with van der Waals surface area (Å²) < 4.78 is 11.5. The number of carbonyl (C=O) groups is 3. The molecule has 1 aromatic rings. The minimum atomic E-state index is -0.547. The Morgan fingerprint density at radius 3 is 2.38 bits per heavy atom. The standard InChI is InChI=1S/C21H29BrN2O5/c1-21(2,3)29-20(27)24-11-9-15(10-12-24)19(26)28-14-18(25)23(4)13-16-7-5-6-8-17(16)22/h5-8,15H,9-14H2,1-4H3. The molecule has 2 amide bonds. The van der Waals surface area contributed by atoms with Crippen LogP contribution in [-0.2, 0) is 25.6 Å². The van der Waals surface area contributed by atoms with E-state index in [0.29, 0.717) is 32.5 Å². The summed E-state index contributed by atoms with van der Waals surface area (Å²) in [6.45, 7) is 6.46. The second-order valence-electron chi connectivity index (χ2n) is 8.19. The minimum absolute atomic E-state index is 0.264. The van der Waals surface area contributed by atoms with Crippen LogP contribution in [0.3, 0.4) is 0 Å². The maximum Gasteiger partial charge on any atom is 0.410 e. The molecule has 8 heteroatoms. The number of hydrogen-bond acceptors (Lipinski definition) is 5. The van der Waals surface area contributed by atoms with Crippen LogP contribution in [0.2, 0.25) is 0 Å². The Kier molecular flexibility index (Phi) is 8.07. The summed E-state index contributed by atoms with van der Waals surface area (Å²) in [5.74, 6) is -0.966. The highest BCUT2D eigenvalue weighted by molar-refractivity contribution is 9.10. The van der Waals surface area contributed by atoms with Crippen LogP contribution in [0.4, 0.5) is 4.79 Å². The quantitative estimate of drug-likeness (QED) is 0.616. The molecular weight excluding hydrogens is 440 g/mol. The Hall–Kier alpha value is -2.09. The summed E-state index contributed by atoms with van der Waals surface area (Å²) >= 11 is 3.46. The van der Waals surface area contributed by atoms with Crippen molar-refractivity contribution in [2.24, 2.45) is 5.92 Å². The highest BCUT2D eigenvalue weighted by Gasteiger charge is 2.31. The lowest BCUT2D eigenvalue weighted by molar-refractivity contribution is -0.156. The third-order valence-electron chi connectivity index (χ3n) is 4.61. The zero-order chi connectivity index (χ0) is 21.6. The fraction of sp³-hybridized carbons (Fsp3) is 0.571. The van der Waals surface area contributed by atoms with Crippen LogP contribution in [0.5, 0.6) is 0 Å². The maximum absolute atomic E-state index is 12.3. The third kappa shape index (κ3) is 7.34. The number of piperidine rings is 1. The molecule has 0 aliphatic carbocycles. The lowest BCUT2D eigenvalue weighted by Crippen LogP contribution is -2.43. The average molecular weight is 469 g/mol. The molecular formula is C21H29BrN2O5. The molecule has 1 heterocycles. The van der Waals surface area contributed by atoms with Crippen LogP contribution >= 0.6 is 15.9 Å². The summed E-state index contributed by atoms with van der Waals surface area (Å²) in [6.07, 6.45) is 0.631. The van der Waals surface area contributed by atoms with Gasteiger partial charge in [-0.1, -0.05) is 34.1 Å². The molecule has 1 aliphatic heterocycles. The number of carbonyl (C=O) groups excluding carboxylic acids is 3. The van der Waals surface area contributed by atoms with Crippen LogP contribution in [0.25, 0.3) is 0 Å². The molecule has 160 valence electrons. The Bertz CT molecular complexity index is 739. The summed E-state index contributed by atoms with van der Waals surface area (Å²) in [5, 5.41) is 0. The molecule has 0 aromatic heterocycles. The van der Waals surface area contributed by atoms with Crippen molar-refractivity contribution in [1.82, 2.24) is 9.80 Å². The topological polar surface area (TPSA) is 76.2 Å². The second-order valence-corrected chi connectivity index (χ2v) is 9.04. The van der Waals surface area contributed by atoms with E-state index in [-0.39, 0.29) is 24.5 Å². The van der Waals surface area contributed by atoms with Gasteiger partial charge in [-0.15, -0.1) is 0 Å². The Balaban J connectivity index is 1.75. The first kappa shape index (κ1) is 23.2. The van der Waals surface area contributed by atoms with Gasteiger partial charge in [0, 0.05) is 31.2 Å². The van der Waals surface area contributed by atoms with Gasteiger partial charge in [-0.3, -0.25) is 9.59 Å². The van der Waals surface area contributed by atoms with Crippen LogP contribution < -0.4 is 0 Å². The molecule has 0 bridgehead atoms. The predicted octanol–water partition coefficient (Wildman–Crippen LogP) is 3.60. The van der Waals surface area contributed by atoms with E-state index in [4.69, 9.17) is 9.47 Å². The SMILES string of the molecule is CN(Cc1ccccc1Br)C(=O)COC(=O)C1CCN(C(=O)OC(C)(C)C)CC1. The Labute approximate surface area is 180 Å². The lowest BCUT2D eigenvalue weighted by atomic mass is 9.97. The molecule has 1 fully saturated rings. The van der Waals surface area contributed by atoms with Crippen molar-refractivity contribution in [2.45, 2.75) is 45.8 Å². The summed E-state index contributed by atoms with van der Waals surface area (Å²) in [6, 6.07) is 7.66. The Morgan fingerprint density at radius 2 is 1.79 bits per heavy atom. The molecule has 7 nitrogen and oxygen atoms in total. The number of nitrogens with zero attached hydrogens (tertiary/aromatic N) is 2. The zero-order valence-electron chi connectivity index (χ0n) is 17.4. The number of likely N-dealkylation sites (N-methyl/N-ethyl adjacent to an activating group) is 1. The molecule has 1 aromatic carbocycles. The van der Waals surface area contributed by atoms with Gasteiger partial charge in [0.2, 0.25) is 0 Å². The van der Waals surface area contributed by atoms with Gasteiger partial charge < -0.3 is 19.3 Å². The van der Waals surface area contributed by atoms with E-state index in [0.717, 1.165) is 10.0 Å². The van der Waals surface area contributed by atoms with Crippen molar-refractivity contribution in [1.29, 1.82) is 0 Å². The second kappa shape index (κ2) is 10.1. The molecule has 0 spiro atoms. The van der Waals surface area contributed by atoms with Crippen molar-refractivity contribution in [3.05, 3.63) is 34.3 Å². The number of hydrogen-bond donors (Lipinski definition) is 0. The number of amides is 2. The number of benzene rings is 1.